The highest BCUT2D eigenvalue weighted by atomic mass is 32.2. The zero-order chi connectivity index (χ0) is 22.2. The first-order valence-corrected chi connectivity index (χ1v) is 9.85. The Hall–Kier alpha value is -3.66. The number of anilines is 1. The van der Waals surface area contributed by atoms with E-state index in [1.54, 1.807) is 6.92 Å². The summed E-state index contributed by atoms with van der Waals surface area (Å²) in [6, 6.07) is 2.94. The van der Waals surface area contributed by atoms with E-state index in [0.717, 1.165) is 6.07 Å². The maximum atomic E-state index is 14.1. The normalized spacial score (nSPS) is 15.6. The molecule has 1 aromatic heterocycles. The lowest BCUT2D eigenvalue weighted by Gasteiger charge is -2.29. The molecule has 0 unspecified atom stereocenters. The molecule has 0 radical (unpaired) electrons. The number of urea groups is 1. The fraction of sp³-hybridized carbons (Fsp3) is 0.235. The lowest BCUT2D eigenvalue weighted by molar-refractivity contribution is -0.121. The molecule has 1 aliphatic rings. The molecule has 160 valence electrons. The largest absolute Gasteiger partial charge is 0.346 e. The van der Waals surface area contributed by atoms with Crippen molar-refractivity contribution in [2.24, 2.45) is 0 Å². The number of hydrogen-bond acceptors (Lipinski definition) is 7. The molecule has 0 fully saturated rings. The standard InChI is InChI=1S/C17H14F2N6O4S.2H2/c1-8-5-10(6-20)23-24-15(8)9(2)21-13(26)7-25-17(27)22-12-4-3-11(18)14(19)16(12)30(25,28)29;;/h3-5,9H,7H2,1-2H3,(H,21,26)(H,22,27);2*1H/t9-;;/m1../s1. The van der Waals surface area contributed by atoms with Crippen molar-refractivity contribution in [2.45, 2.75) is 24.8 Å². The van der Waals surface area contributed by atoms with E-state index < -0.39 is 56.8 Å². The summed E-state index contributed by atoms with van der Waals surface area (Å²) < 4.78 is 53.0. The number of benzene rings is 1. The first-order chi connectivity index (χ1) is 14.1. The number of halogens is 2. The second-order valence-corrected chi connectivity index (χ2v) is 8.18. The summed E-state index contributed by atoms with van der Waals surface area (Å²) in [5, 5.41) is 20.9. The fourth-order valence-corrected chi connectivity index (χ4v) is 4.39. The van der Waals surface area contributed by atoms with Gasteiger partial charge in [0.2, 0.25) is 5.91 Å². The molecule has 0 bridgehead atoms. The number of nitrogens with zero attached hydrogens (tertiary/aromatic N) is 4. The Morgan fingerprint density at radius 3 is 2.73 bits per heavy atom. The smallest absolute Gasteiger partial charge is 0.336 e. The van der Waals surface area contributed by atoms with Crippen LogP contribution in [-0.2, 0) is 14.8 Å². The second-order valence-electron chi connectivity index (χ2n) is 6.38. The van der Waals surface area contributed by atoms with Crippen LogP contribution in [0.15, 0.2) is 23.1 Å². The Kier molecular flexibility index (Phi) is 5.36. The lowest BCUT2D eigenvalue weighted by Crippen LogP contribution is -2.49. The Bertz CT molecular complexity index is 1220. The van der Waals surface area contributed by atoms with E-state index in [9.17, 15) is 26.8 Å². The Balaban J connectivity index is 0.00000256. The Morgan fingerprint density at radius 2 is 2.10 bits per heavy atom. The Labute approximate surface area is 172 Å². The van der Waals surface area contributed by atoms with Gasteiger partial charge in [0.15, 0.2) is 17.3 Å². The maximum absolute atomic E-state index is 14.1. The first-order valence-electron chi connectivity index (χ1n) is 8.41. The third kappa shape index (κ3) is 3.64. The van der Waals surface area contributed by atoms with Gasteiger partial charge in [-0.15, -0.1) is 5.10 Å². The summed E-state index contributed by atoms with van der Waals surface area (Å²) in [5.41, 5.74) is 0.544. The molecule has 1 atom stereocenters. The minimum absolute atomic E-state index is 0. The number of aromatic nitrogens is 2. The van der Waals surface area contributed by atoms with Gasteiger partial charge >= 0.3 is 6.03 Å². The highest BCUT2D eigenvalue weighted by Crippen LogP contribution is 2.33. The summed E-state index contributed by atoms with van der Waals surface area (Å²) in [6.07, 6.45) is 0. The Morgan fingerprint density at radius 1 is 1.40 bits per heavy atom. The fourth-order valence-electron chi connectivity index (χ4n) is 2.90. The van der Waals surface area contributed by atoms with Crippen LogP contribution in [0.25, 0.3) is 0 Å². The van der Waals surface area contributed by atoms with Gasteiger partial charge in [0.25, 0.3) is 10.0 Å². The van der Waals surface area contributed by atoms with Crippen molar-refractivity contribution < 1.29 is 29.6 Å². The number of sulfonamides is 1. The SMILES string of the molecule is Cc1cc(C#N)nnc1[C@@H](C)NC(=O)CN1C(=O)Nc2ccc(F)c(F)c2S1(=O)=O.[HH].[HH]. The summed E-state index contributed by atoms with van der Waals surface area (Å²) in [6.45, 7) is 2.21. The highest BCUT2D eigenvalue weighted by Gasteiger charge is 2.41. The first kappa shape index (κ1) is 21.1. The van der Waals surface area contributed by atoms with Gasteiger partial charge in [0.1, 0.15) is 17.5 Å². The van der Waals surface area contributed by atoms with Gasteiger partial charge < -0.3 is 10.6 Å². The van der Waals surface area contributed by atoms with Crippen molar-refractivity contribution in [3.63, 3.8) is 0 Å². The van der Waals surface area contributed by atoms with E-state index in [0.29, 0.717) is 17.3 Å². The second kappa shape index (κ2) is 7.64. The van der Waals surface area contributed by atoms with Crippen LogP contribution in [-0.4, -0.2) is 41.4 Å². The van der Waals surface area contributed by atoms with E-state index in [-0.39, 0.29) is 12.9 Å². The molecule has 1 aromatic carbocycles. The van der Waals surface area contributed by atoms with Crippen molar-refractivity contribution in [2.75, 3.05) is 11.9 Å². The number of carbonyl (C=O) groups is 2. The van der Waals surface area contributed by atoms with Crippen LogP contribution < -0.4 is 10.6 Å². The molecular weight excluding hydrogens is 422 g/mol. The van der Waals surface area contributed by atoms with Crippen LogP contribution >= 0.6 is 0 Å². The lowest BCUT2D eigenvalue weighted by atomic mass is 10.1. The van der Waals surface area contributed by atoms with E-state index in [4.69, 9.17) is 5.26 Å². The van der Waals surface area contributed by atoms with E-state index in [1.165, 1.54) is 13.0 Å². The number of hydrogen-bond donors (Lipinski definition) is 2. The minimum atomic E-state index is -4.82. The number of nitrogens with one attached hydrogen (secondary N) is 2. The van der Waals surface area contributed by atoms with Gasteiger partial charge in [0, 0.05) is 2.85 Å². The number of amides is 3. The molecule has 30 heavy (non-hydrogen) atoms. The minimum Gasteiger partial charge on any atom is -0.346 e. The van der Waals surface area contributed by atoms with Gasteiger partial charge in [-0.1, -0.05) is 0 Å². The number of aryl methyl sites for hydroxylation is 1. The van der Waals surface area contributed by atoms with Crippen LogP contribution in [0.1, 0.15) is 32.8 Å². The predicted molar refractivity (Wildman–Crippen MR) is 102 cm³/mol. The zero-order valence-corrected chi connectivity index (χ0v) is 16.4. The quantitative estimate of drug-likeness (QED) is 0.738. The number of fused-ring (bicyclic) bond motifs is 1. The molecule has 2 N–H and O–H groups in total. The van der Waals surface area contributed by atoms with Gasteiger partial charge in [-0.3, -0.25) is 4.79 Å². The van der Waals surface area contributed by atoms with Gasteiger partial charge in [-0.2, -0.15) is 10.4 Å². The van der Waals surface area contributed by atoms with Gasteiger partial charge in [-0.25, -0.2) is 26.3 Å². The maximum Gasteiger partial charge on any atom is 0.336 e. The molecule has 2 aromatic rings. The van der Waals surface area contributed by atoms with Crippen LogP contribution in [0.3, 0.4) is 0 Å². The summed E-state index contributed by atoms with van der Waals surface area (Å²) in [4.78, 5) is 23.5. The number of rotatable bonds is 4. The molecule has 3 rings (SSSR count). The monoisotopic (exact) mass is 440 g/mol. The number of carbonyl (C=O) groups excluding carboxylic acids is 2. The summed E-state index contributed by atoms with van der Waals surface area (Å²) in [5.74, 6) is -3.97. The summed E-state index contributed by atoms with van der Waals surface area (Å²) in [7, 11) is -4.82. The van der Waals surface area contributed by atoms with Crippen LogP contribution in [0, 0.1) is 29.9 Å². The third-order valence-electron chi connectivity index (χ3n) is 4.28. The molecule has 0 spiro atoms. The molecule has 0 saturated heterocycles. The van der Waals surface area contributed by atoms with Gasteiger partial charge in [0.05, 0.1) is 17.4 Å². The van der Waals surface area contributed by atoms with Crippen molar-refractivity contribution in [3.8, 4) is 6.07 Å². The molecule has 13 heteroatoms. The average molecular weight is 440 g/mol. The molecule has 0 aliphatic carbocycles. The molecule has 1 aliphatic heterocycles. The van der Waals surface area contributed by atoms with E-state index >= 15 is 0 Å². The average Bonchev–Trinajstić information content (AvgIpc) is 2.67. The molecule has 3 amide bonds. The third-order valence-corrected chi connectivity index (χ3v) is 6.07. The molecule has 10 nitrogen and oxygen atoms in total. The van der Waals surface area contributed by atoms with E-state index in [1.807, 2.05) is 6.07 Å². The van der Waals surface area contributed by atoms with Crippen LogP contribution in [0.5, 0.6) is 0 Å². The number of nitriles is 1. The van der Waals surface area contributed by atoms with Crippen molar-refractivity contribution in [1.29, 1.82) is 5.26 Å². The molecular formula is C17H18F2N6O4S. The highest BCUT2D eigenvalue weighted by molar-refractivity contribution is 7.90. The van der Waals surface area contributed by atoms with Crippen molar-refractivity contribution in [1.82, 2.24) is 19.8 Å². The van der Waals surface area contributed by atoms with Crippen LogP contribution in [0.2, 0.25) is 0 Å². The van der Waals surface area contributed by atoms with Crippen molar-refractivity contribution in [3.05, 3.63) is 46.8 Å². The predicted octanol–water partition coefficient (Wildman–Crippen LogP) is 1.84. The molecule has 2 heterocycles. The summed E-state index contributed by atoms with van der Waals surface area (Å²) >= 11 is 0. The van der Waals surface area contributed by atoms with Gasteiger partial charge in [-0.05, 0) is 37.6 Å². The van der Waals surface area contributed by atoms with E-state index in [2.05, 4.69) is 20.8 Å². The topological polar surface area (TPSA) is 145 Å². The van der Waals surface area contributed by atoms with Crippen molar-refractivity contribution >= 4 is 27.6 Å². The van der Waals surface area contributed by atoms with Crippen LogP contribution in [0.4, 0.5) is 19.3 Å². The molecule has 0 saturated carbocycles. The zero-order valence-electron chi connectivity index (χ0n) is 15.6.